The monoisotopic (exact) mass is 335 g/mol. The maximum atomic E-state index is 13.1. The first-order valence-corrected chi connectivity index (χ1v) is 9.08. The van der Waals surface area contributed by atoms with Crippen LogP contribution in [0.4, 0.5) is 4.39 Å². The second-order valence-corrected chi connectivity index (χ2v) is 6.35. The van der Waals surface area contributed by atoms with Gasteiger partial charge in [0.15, 0.2) is 0 Å². The van der Waals surface area contributed by atoms with Gasteiger partial charge in [0.1, 0.15) is 5.82 Å². The van der Waals surface area contributed by atoms with Crippen molar-refractivity contribution in [1.29, 1.82) is 0 Å². The summed E-state index contributed by atoms with van der Waals surface area (Å²) in [5.74, 6) is 0.0357. The maximum absolute atomic E-state index is 13.1. The molecular formula is C19H30FN3O. The molecule has 134 valence electrons. The number of benzene rings is 1. The molecule has 1 amide bonds. The van der Waals surface area contributed by atoms with Gasteiger partial charge in [-0.3, -0.25) is 14.6 Å². The predicted molar refractivity (Wildman–Crippen MR) is 95.4 cm³/mol. The van der Waals surface area contributed by atoms with Crippen LogP contribution in [0.25, 0.3) is 0 Å². The van der Waals surface area contributed by atoms with E-state index in [-0.39, 0.29) is 11.7 Å². The zero-order chi connectivity index (χ0) is 17.5. The fourth-order valence-corrected chi connectivity index (χ4v) is 3.41. The predicted octanol–water partition coefficient (Wildman–Crippen LogP) is 2.76. The van der Waals surface area contributed by atoms with Crippen LogP contribution in [0.15, 0.2) is 24.3 Å². The lowest BCUT2D eigenvalue weighted by Crippen LogP contribution is -2.51. The van der Waals surface area contributed by atoms with Crippen LogP contribution in [0.2, 0.25) is 0 Å². The van der Waals surface area contributed by atoms with Crippen LogP contribution in [0.1, 0.15) is 38.8 Å². The highest BCUT2D eigenvalue weighted by molar-refractivity contribution is 5.78. The molecule has 1 aromatic carbocycles. The molecule has 2 rings (SSSR count). The summed E-state index contributed by atoms with van der Waals surface area (Å²) in [5, 5.41) is 0. The van der Waals surface area contributed by atoms with Gasteiger partial charge in [0.2, 0.25) is 5.91 Å². The highest BCUT2D eigenvalue weighted by Crippen LogP contribution is 2.25. The Kier molecular flexibility index (Phi) is 7.18. The molecular weight excluding hydrogens is 305 g/mol. The fourth-order valence-electron chi connectivity index (χ4n) is 3.41. The number of hydrogen-bond donors (Lipinski definition) is 0. The molecule has 1 aliphatic heterocycles. The molecule has 0 aromatic heterocycles. The van der Waals surface area contributed by atoms with E-state index in [0.717, 1.165) is 51.3 Å². The van der Waals surface area contributed by atoms with Crippen molar-refractivity contribution in [2.75, 3.05) is 45.8 Å². The molecule has 1 aromatic rings. The lowest BCUT2D eigenvalue weighted by molar-refractivity contribution is -0.134. The fraction of sp³-hybridized carbons (Fsp3) is 0.632. The Balaban J connectivity index is 1.91. The number of halogens is 1. The smallest absolute Gasteiger partial charge is 0.236 e. The molecule has 1 atom stereocenters. The minimum Gasteiger partial charge on any atom is -0.339 e. The van der Waals surface area contributed by atoms with E-state index in [1.165, 1.54) is 12.1 Å². The van der Waals surface area contributed by atoms with Crippen molar-refractivity contribution in [1.82, 2.24) is 14.7 Å². The summed E-state index contributed by atoms with van der Waals surface area (Å²) in [6, 6.07) is 7.11. The number of amides is 1. The molecule has 0 saturated carbocycles. The molecule has 1 heterocycles. The molecule has 5 heteroatoms. The summed E-state index contributed by atoms with van der Waals surface area (Å²) < 4.78 is 13.1. The minimum absolute atomic E-state index is 0.194. The second-order valence-electron chi connectivity index (χ2n) is 6.35. The molecule has 0 N–H and O–H groups in total. The van der Waals surface area contributed by atoms with Crippen LogP contribution in [0, 0.1) is 5.82 Å². The van der Waals surface area contributed by atoms with Crippen LogP contribution in [0.3, 0.4) is 0 Å². The Morgan fingerprint density at radius 2 is 1.67 bits per heavy atom. The molecule has 4 nitrogen and oxygen atoms in total. The van der Waals surface area contributed by atoms with Gasteiger partial charge in [0, 0.05) is 32.2 Å². The first-order valence-electron chi connectivity index (χ1n) is 9.08. The van der Waals surface area contributed by atoms with Crippen molar-refractivity contribution in [2.24, 2.45) is 0 Å². The summed E-state index contributed by atoms with van der Waals surface area (Å²) in [6.45, 7) is 12.0. The first-order chi connectivity index (χ1) is 11.6. The van der Waals surface area contributed by atoms with Crippen molar-refractivity contribution in [2.45, 2.75) is 33.2 Å². The number of likely N-dealkylation sites (N-methyl/N-ethyl adjacent to an activating group) is 1. The van der Waals surface area contributed by atoms with Crippen LogP contribution < -0.4 is 0 Å². The Labute approximate surface area is 145 Å². The number of nitrogens with zero attached hydrogens (tertiary/aromatic N) is 3. The van der Waals surface area contributed by atoms with Crippen LogP contribution >= 0.6 is 0 Å². The average molecular weight is 335 g/mol. The Bertz CT molecular complexity index is 508. The van der Waals surface area contributed by atoms with E-state index >= 15 is 0 Å². The van der Waals surface area contributed by atoms with Crippen molar-refractivity contribution in [3.63, 3.8) is 0 Å². The largest absolute Gasteiger partial charge is 0.339 e. The SMILES string of the molecule is CCC(c1ccc(F)cc1)N1CCN(C(=O)CN(CC)CC)CC1. The van der Waals surface area contributed by atoms with Crippen molar-refractivity contribution >= 4 is 5.91 Å². The van der Waals surface area contributed by atoms with Crippen molar-refractivity contribution < 1.29 is 9.18 Å². The molecule has 0 radical (unpaired) electrons. The molecule has 1 saturated heterocycles. The molecule has 1 fully saturated rings. The van der Waals surface area contributed by atoms with Gasteiger partial charge < -0.3 is 4.90 Å². The summed E-state index contributed by atoms with van der Waals surface area (Å²) in [6.07, 6.45) is 0.985. The van der Waals surface area contributed by atoms with Crippen LogP contribution in [0.5, 0.6) is 0 Å². The third-order valence-electron chi connectivity index (χ3n) is 5.00. The van der Waals surface area contributed by atoms with E-state index in [2.05, 4.69) is 30.6 Å². The average Bonchev–Trinajstić information content (AvgIpc) is 2.62. The lowest BCUT2D eigenvalue weighted by atomic mass is 10.0. The van der Waals surface area contributed by atoms with E-state index in [9.17, 15) is 9.18 Å². The van der Waals surface area contributed by atoms with E-state index < -0.39 is 0 Å². The van der Waals surface area contributed by atoms with Gasteiger partial charge in [-0.05, 0) is 37.2 Å². The lowest BCUT2D eigenvalue weighted by Gasteiger charge is -2.39. The van der Waals surface area contributed by atoms with Gasteiger partial charge in [-0.2, -0.15) is 0 Å². The van der Waals surface area contributed by atoms with Gasteiger partial charge in [-0.25, -0.2) is 4.39 Å². The molecule has 0 spiro atoms. The number of carbonyl (C=O) groups is 1. The van der Waals surface area contributed by atoms with Gasteiger partial charge >= 0.3 is 0 Å². The van der Waals surface area contributed by atoms with E-state index in [4.69, 9.17) is 0 Å². The Hall–Kier alpha value is -1.46. The Morgan fingerprint density at radius 3 is 2.17 bits per heavy atom. The molecule has 24 heavy (non-hydrogen) atoms. The summed E-state index contributed by atoms with van der Waals surface area (Å²) >= 11 is 0. The molecule has 1 aliphatic rings. The summed E-state index contributed by atoms with van der Waals surface area (Å²) in [7, 11) is 0. The first kappa shape index (κ1) is 18.9. The summed E-state index contributed by atoms with van der Waals surface area (Å²) in [5.41, 5.74) is 1.15. The number of rotatable bonds is 7. The molecule has 1 unspecified atom stereocenters. The molecule has 0 bridgehead atoms. The normalized spacial score (nSPS) is 17.3. The quantitative estimate of drug-likeness (QED) is 0.767. The Morgan fingerprint density at radius 1 is 1.08 bits per heavy atom. The zero-order valence-electron chi connectivity index (χ0n) is 15.2. The van der Waals surface area contributed by atoms with Crippen molar-refractivity contribution in [3.05, 3.63) is 35.6 Å². The van der Waals surface area contributed by atoms with E-state index in [1.807, 2.05) is 17.0 Å². The second kappa shape index (κ2) is 9.14. The number of piperazine rings is 1. The highest BCUT2D eigenvalue weighted by atomic mass is 19.1. The standard InChI is InChI=1S/C19H30FN3O/c1-4-18(16-7-9-17(20)10-8-16)22-11-13-23(14-12-22)19(24)15-21(5-2)6-3/h7-10,18H,4-6,11-15H2,1-3H3. The number of hydrogen-bond acceptors (Lipinski definition) is 3. The third kappa shape index (κ3) is 4.77. The van der Waals surface area contributed by atoms with E-state index in [1.54, 1.807) is 0 Å². The topological polar surface area (TPSA) is 26.8 Å². The van der Waals surface area contributed by atoms with Gasteiger partial charge in [-0.15, -0.1) is 0 Å². The maximum Gasteiger partial charge on any atom is 0.236 e. The number of carbonyl (C=O) groups excluding carboxylic acids is 1. The third-order valence-corrected chi connectivity index (χ3v) is 5.00. The van der Waals surface area contributed by atoms with Gasteiger partial charge in [0.05, 0.1) is 6.54 Å². The van der Waals surface area contributed by atoms with E-state index in [0.29, 0.717) is 12.6 Å². The highest BCUT2D eigenvalue weighted by Gasteiger charge is 2.26. The van der Waals surface area contributed by atoms with Gasteiger partial charge in [0.25, 0.3) is 0 Å². The van der Waals surface area contributed by atoms with Gasteiger partial charge in [-0.1, -0.05) is 32.9 Å². The minimum atomic E-state index is -0.194. The van der Waals surface area contributed by atoms with Crippen LogP contribution in [-0.4, -0.2) is 66.4 Å². The molecule has 0 aliphatic carbocycles. The van der Waals surface area contributed by atoms with Crippen molar-refractivity contribution in [3.8, 4) is 0 Å². The zero-order valence-corrected chi connectivity index (χ0v) is 15.2. The van der Waals surface area contributed by atoms with Crippen LogP contribution in [-0.2, 0) is 4.79 Å². The summed E-state index contributed by atoms with van der Waals surface area (Å²) in [4.78, 5) is 18.9.